The molecule has 0 saturated heterocycles. The monoisotopic (exact) mass is 222 g/mol. The summed E-state index contributed by atoms with van der Waals surface area (Å²) in [7, 11) is -4.15. The van der Waals surface area contributed by atoms with Crippen LogP contribution in [0.1, 0.15) is 5.56 Å². The standard InChI is InChI=1S/C11H10O3S/c1-8-5-6-9-3-2-4-11(10(9)7-8)15(12,13)14/h2-7H,1H3,(H,12,13,14). The summed E-state index contributed by atoms with van der Waals surface area (Å²) in [6.07, 6.45) is 0. The van der Waals surface area contributed by atoms with Crippen molar-refractivity contribution in [3.63, 3.8) is 0 Å². The van der Waals surface area contributed by atoms with Gasteiger partial charge in [0, 0.05) is 5.39 Å². The second-order valence-corrected chi connectivity index (χ2v) is 4.85. The van der Waals surface area contributed by atoms with E-state index in [0.29, 0.717) is 5.39 Å². The van der Waals surface area contributed by atoms with Crippen LogP contribution in [0.3, 0.4) is 0 Å². The molecule has 0 fully saturated rings. The van der Waals surface area contributed by atoms with Gasteiger partial charge in [-0.15, -0.1) is 0 Å². The van der Waals surface area contributed by atoms with Crippen LogP contribution < -0.4 is 0 Å². The van der Waals surface area contributed by atoms with Crippen molar-refractivity contribution in [3.05, 3.63) is 42.0 Å². The molecule has 0 aliphatic carbocycles. The van der Waals surface area contributed by atoms with Crippen LogP contribution in [0.5, 0.6) is 0 Å². The Bertz CT molecular complexity index is 615. The third-order valence-corrected chi connectivity index (χ3v) is 3.19. The predicted molar refractivity (Wildman–Crippen MR) is 58.5 cm³/mol. The molecule has 0 spiro atoms. The summed E-state index contributed by atoms with van der Waals surface area (Å²) in [5, 5.41) is 1.36. The van der Waals surface area contributed by atoms with Crippen molar-refractivity contribution in [2.24, 2.45) is 0 Å². The number of rotatable bonds is 1. The third kappa shape index (κ3) is 1.86. The van der Waals surface area contributed by atoms with Gasteiger partial charge in [0.2, 0.25) is 0 Å². The third-order valence-electron chi connectivity index (χ3n) is 2.28. The minimum absolute atomic E-state index is 0.0382. The van der Waals surface area contributed by atoms with Gasteiger partial charge in [0.15, 0.2) is 0 Å². The summed E-state index contributed by atoms with van der Waals surface area (Å²) in [5.74, 6) is 0. The molecular weight excluding hydrogens is 212 g/mol. The van der Waals surface area contributed by atoms with Crippen LogP contribution in [0, 0.1) is 6.92 Å². The van der Waals surface area contributed by atoms with E-state index < -0.39 is 10.1 Å². The highest BCUT2D eigenvalue weighted by molar-refractivity contribution is 7.86. The van der Waals surface area contributed by atoms with E-state index in [-0.39, 0.29) is 4.90 Å². The van der Waals surface area contributed by atoms with Gasteiger partial charge in [0.25, 0.3) is 10.1 Å². The molecule has 0 atom stereocenters. The quantitative estimate of drug-likeness (QED) is 0.754. The average molecular weight is 222 g/mol. The van der Waals surface area contributed by atoms with E-state index >= 15 is 0 Å². The SMILES string of the molecule is Cc1ccc2cccc(S(=O)(=O)O)c2c1. The van der Waals surface area contributed by atoms with Gasteiger partial charge in [-0.05, 0) is 18.4 Å². The van der Waals surface area contributed by atoms with Crippen LogP contribution in [-0.4, -0.2) is 13.0 Å². The molecule has 0 amide bonds. The molecule has 0 aromatic heterocycles. The molecule has 2 aromatic rings. The van der Waals surface area contributed by atoms with E-state index in [4.69, 9.17) is 4.55 Å². The van der Waals surface area contributed by atoms with Crippen molar-refractivity contribution in [2.75, 3.05) is 0 Å². The van der Waals surface area contributed by atoms with Crippen LogP contribution in [-0.2, 0) is 10.1 Å². The number of benzene rings is 2. The molecule has 78 valence electrons. The van der Waals surface area contributed by atoms with Crippen molar-refractivity contribution in [3.8, 4) is 0 Å². The number of fused-ring (bicyclic) bond motifs is 1. The van der Waals surface area contributed by atoms with Crippen molar-refractivity contribution >= 4 is 20.9 Å². The summed E-state index contributed by atoms with van der Waals surface area (Å²) < 4.78 is 31.3. The Morgan fingerprint density at radius 2 is 1.87 bits per heavy atom. The number of hydrogen-bond acceptors (Lipinski definition) is 2. The Morgan fingerprint density at radius 3 is 2.53 bits per heavy atom. The Kier molecular flexibility index (Phi) is 2.25. The van der Waals surface area contributed by atoms with Crippen molar-refractivity contribution in [2.45, 2.75) is 11.8 Å². The Balaban J connectivity index is 2.92. The molecule has 3 nitrogen and oxygen atoms in total. The molecule has 2 aromatic carbocycles. The lowest BCUT2D eigenvalue weighted by atomic mass is 10.1. The summed E-state index contributed by atoms with van der Waals surface area (Å²) in [6.45, 7) is 1.88. The fourth-order valence-electron chi connectivity index (χ4n) is 1.58. The van der Waals surface area contributed by atoms with E-state index in [1.165, 1.54) is 6.07 Å². The maximum Gasteiger partial charge on any atom is 0.295 e. The predicted octanol–water partition coefficient (Wildman–Crippen LogP) is 2.39. The molecular formula is C11H10O3S. The highest BCUT2D eigenvalue weighted by Crippen LogP contribution is 2.23. The Morgan fingerprint density at radius 1 is 1.13 bits per heavy atom. The summed E-state index contributed by atoms with van der Waals surface area (Å²) in [4.78, 5) is -0.0382. The van der Waals surface area contributed by atoms with Gasteiger partial charge in [-0.25, -0.2) is 0 Å². The maximum atomic E-state index is 11.1. The summed E-state index contributed by atoms with van der Waals surface area (Å²) in [6, 6.07) is 10.3. The minimum Gasteiger partial charge on any atom is -0.282 e. The fraction of sp³-hybridized carbons (Fsp3) is 0.0909. The number of aryl methyl sites for hydroxylation is 1. The second kappa shape index (κ2) is 3.32. The molecule has 0 aliphatic heterocycles. The summed E-state index contributed by atoms with van der Waals surface area (Å²) in [5.41, 5.74) is 0.957. The molecule has 0 radical (unpaired) electrons. The maximum absolute atomic E-state index is 11.1. The lowest BCUT2D eigenvalue weighted by Crippen LogP contribution is -1.98. The van der Waals surface area contributed by atoms with Crippen LogP contribution in [0.25, 0.3) is 10.8 Å². The minimum atomic E-state index is -4.15. The first-order chi connectivity index (χ1) is 6.98. The van der Waals surface area contributed by atoms with E-state index in [0.717, 1.165) is 10.9 Å². The molecule has 1 N–H and O–H groups in total. The molecule has 4 heteroatoms. The van der Waals surface area contributed by atoms with Crippen LogP contribution in [0.15, 0.2) is 41.3 Å². The topological polar surface area (TPSA) is 54.4 Å². The van der Waals surface area contributed by atoms with Gasteiger partial charge in [-0.1, -0.05) is 35.9 Å². The Labute approximate surface area is 88.1 Å². The molecule has 0 saturated carbocycles. The van der Waals surface area contributed by atoms with Gasteiger partial charge in [0.05, 0.1) is 0 Å². The van der Waals surface area contributed by atoms with Crippen molar-refractivity contribution in [1.29, 1.82) is 0 Å². The normalized spacial score (nSPS) is 11.9. The van der Waals surface area contributed by atoms with Gasteiger partial charge in [0.1, 0.15) is 4.90 Å². The van der Waals surface area contributed by atoms with Crippen LogP contribution in [0.2, 0.25) is 0 Å². The van der Waals surface area contributed by atoms with E-state index in [1.807, 2.05) is 25.1 Å². The first-order valence-corrected chi connectivity index (χ1v) is 5.89. The summed E-state index contributed by atoms with van der Waals surface area (Å²) >= 11 is 0. The largest absolute Gasteiger partial charge is 0.295 e. The Hall–Kier alpha value is -1.39. The molecule has 15 heavy (non-hydrogen) atoms. The van der Waals surface area contributed by atoms with E-state index in [9.17, 15) is 8.42 Å². The molecule has 0 unspecified atom stereocenters. The molecule has 0 heterocycles. The lowest BCUT2D eigenvalue weighted by Gasteiger charge is -2.04. The first-order valence-electron chi connectivity index (χ1n) is 4.45. The number of hydrogen-bond donors (Lipinski definition) is 1. The van der Waals surface area contributed by atoms with Gasteiger partial charge in [-0.3, -0.25) is 4.55 Å². The van der Waals surface area contributed by atoms with E-state index in [1.54, 1.807) is 12.1 Å². The highest BCUT2D eigenvalue weighted by Gasteiger charge is 2.12. The molecule has 2 rings (SSSR count). The smallest absolute Gasteiger partial charge is 0.282 e. The van der Waals surface area contributed by atoms with E-state index in [2.05, 4.69) is 0 Å². The lowest BCUT2D eigenvalue weighted by molar-refractivity contribution is 0.484. The van der Waals surface area contributed by atoms with Gasteiger partial charge < -0.3 is 0 Å². The first kappa shape index (κ1) is 10.1. The van der Waals surface area contributed by atoms with Gasteiger partial charge in [-0.2, -0.15) is 8.42 Å². The van der Waals surface area contributed by atoms with Gasteiger partial charge >= 0.3 is 0 Å². The van der Waals surface area contributed by atoms with Crippen molar-refractivity contribution < 1.29 is 13.0 Å². The average Bonchev–Trinajstić information content (AvgIpc) is 2.15. The molecule has 0 aliphatic rings. The molecule has 0 bridgehead atoms. The second-order valence-electron chi connectivity index (χ2n) is 3.46. The fourth-order valence-corrected chi connectivity index (χ4v) is 2.29. The zero-order valence-electron chi connectivity index (χ0n) is 8.14. The van der Waals surface area contributed by atoms with Crippen LogP contribution in [0.4, 0.5) is 0 Å². The highest BCUT2D eigenvalue weighted by atomic mass is 32.2. The van der Waals surface area contributed by atoms with Crippen LogP contribution >= 0.6 is 0 Å². The zero-order valence-corrected chi connectivity index (χ0v) is 8.95. The zero-order chi connectivity index (χ0) is 11.1. The van der Waals surface area contributed by atoms with Crippen molar-refractivity contribution in [1.82, 2.24) is 0 Å².